The van der Waals surface area contributed by atoms with Gasteiger partial charge in [0, 0.05) is 0 Å². The monoisotopic (exact) mass is 202 g/mol. The maximum atomic E-state index is 11.1. The van der Waals surface area contributed by atoms with E-state index in [0.717, 1.165) is 6.42 Å². The summed E-state index contributed by atoms with van der Waals surface area (Å²) in [5.41, 5.74) is 5.11. The molecule has 0 spiro atoms. The van der Waals surface area contributed by atoms with Gasteiger partial charge in [-0.05, 0) is 12.3 Å². The molecule has 3 N–H and O–H groups in total. The van der Waals surface area contributed by atoms with Crippen LogP contribution in [0.3, 0.4) is 0 Å². The van der Waals surface area contributed by atoms with Crippen LogP contribution in [0.25, 0.3) is 0 Å². The van der Waals surface area contributed by atoms with Crippen molar-refractivity contribution in [1.82, 2.24) is 5.32 Å². The normalized spacial score (nSPS) is 12.3. The SMILES string of the molecule is CCCOC(=O)N[C@H](C(N)=O)C(C)C. The summed E-state index contributed by atoms with van der Waals surface area (Å²) in [7, 11) is 0. The highest BCUT2D eigenvalue weighted by Crippen LogP contribution is 2.00. The van der Waals surface area contributed by atoms with Crippen LogP contribution in [-0.2, 0) is 9.53 Å². The molecule has 5 heteroatoms. The second-order valence-electron chi connectivity index (χ2n) is 3.40. The third kappa shape index (κ3) is 4.69. The van der Waals surface area contributed by atoms with E-state index in [2.05, 4.69) is 5.32 Å². The molecule has 0 rings (SSSR count). The maximum Gasteiger partial charge on any atom is 0.407 e. The lowest BCUT2D eigenvalue weighted by Crippen LogP contribution is -2.47. The zero-order chi connectivity index (χ0) is 11.1. The van der Waals surface area contributed by atoms with Crippen LogP contribution < -0.4 is 11.1 Å². The molecule has 0 bridgehead atoms. The first-order valence-corrected chi connectivity index (χ1v) is 4.71. The Morgan fingerprint density at radius 3 is 2.36 bits per heavy atom. The van der Waals surface area contributed by atoms with Crippen LogP contribution in [0.4, 0.5) is 4.79 Å². The van der Waals surface area contributed by atoms with E-state index >= 15 is 0 Å². The van der Waals surface area contributed by atoms with E-state index in [4.69, 9.17) is 10.5 Å². The number of ether oxygens (including phenoxy) is 1. The van der Waals surface area contributed by atoms with Gasteiger partial charge in [-0.1, -0.05) is 20.8 Å². The van der Waals surface area contributed by atoms with Gasteiger partial charge in [-0.25, -0.2) is 4.79 Å². The molecule has 0 aromatic rings. The summed E-state index contributed by atoms with van der Waals surface area (Å²) >= 11 is 0. The number of rotatable bonds is 5. The fourth-order valence-electron chi connectivity index (χ4n) is 0.930. The quantitative estimate of drug-likeness (QED) is 0.686. The van der Waals surface area contributed by atoms with E-state index in [1.807, 2.05) is 6.92 Å². The van der Waals surface area contributed by atoms with Crippen LogP contribution in [0.5, 0.6) is 0 Å². The molecule has 1 atom stereocenters. The predicted octanol–water partition coefficient (Wildman–Crippen LogP) is 0.632. The predicted molar refractivity (Wildman–Crippen MR) is 52.6 cm³/mol. The van der Waals surface area contributed by atoms with Crippen molar-refractivity contribution in [2.75, 3.05) is 6.61 Å². The highest BCUT2D eigenvalue weighted by Gasteiger charge is 2.21. The molecule has 82 valence electrons. The van der Waals surface area contributed by atoms with Gasteiger partial charge < -0.3 is 15.8 Å². The molecule has 0 saturated heterocycles. The number of hydrogen-bond donors (Lipinski definition) is 2. The summed E-state index contributed by atoms with van der Waals surface area (Å²) < 4.78 is 4.76. The number of alkyl carbamates (subject to hydrolysis) is 1. The number of hydrogen-bond acceptors (Lipinski definition) is 3. The van der Waals surface area contributed by atoms with E-state index in [9.17, 15) is 9.59 Å². The Hall–Kier alpha value is -1.26. The molecule has 0 saturated carbocycles. The zero-order valence-electron chi connectivity index (χ0n) is 8.87. The Kier molecular flexibility index (Phi) is 5.67. The number of carbonyl (C=O) groups is 2. The molecule has 2 amide bonds. The molecule has 0 aliphatic heterocycles. The smallest absolute Gasteiger partial charge is 0.407 e. The lowest BCUT2D eigenvalue weighted by molar-refractivity contribution is -0.120. The fourth-order valence-corrected chi connectivity index (χ4v) is 0.930. The van der Waals surface area contributed by atoms with E-state index in [1.165, 1.54) is 0 Å². The van der Waals surface area contributed by atoms with Gasteiger partial charge in [0.15, 0.2) is 0 Å². The van der Waals surface area contributed by atoms with E-state index in [0.29, 0.717) is 6.61 Å². The van der Waals surface area contributed by atoms with Gasteiger partial charge in [-0.2, -0.15) is 0 Å². The lowest BCUT2D eigenvalue weighted by atomic mass is 10.0. The summed E-state index contributed by atoms with van der Waals surface area (Å²) in [6.07, 6.45) is 0.153. The third-order valence-electron chi connectivity index (χ3n) is 1.68. The lowest BCUT2D eigenvalue weighted by Gasteiger charge is -2.18. The Morgan fingerprint density at radius 1 is 1.43 bits per heavy atom. The molecular weight excluding hydrogens is 184 g/mol. The van der Waals surface area contributed by atoms with Crippen molar-refractivity contribution in [2.24, 2.45) is 11.7 Å². The molecule has 0 fully saturated rings. The first kappa shape index (κ1) is 12.7. The van der Waals surface area contributed by atoms with Gasteiger partial charge in [-0.15, -0.1) is 0 Å². The molecule has 5 nitrogen and oxygen atoms in total. The average molecular weight is 202 g/mol. The van der Waals surface area contributed by atoms with Gasteiger partial charge in [-0.3, -0.25) is 4.79 Å². The van der Waals surface area contributed by atoms with Crippen LogP contribution in [0.1, 0.15) is 27.2 Å². The van der Waals surface area contributed by atoms with Crippen molar-refractivity contribution >= 4 is 12.0 Å². The summed E-state index contributed by atoms with van der Waals surface area (Å²) in [6, 6.07) is -0.667. The summed E-state index contributed by atoms with van der Waals surface area (Å²) in [6.45, 7) is 5.84. The minimum absolute atomic E-state index is 0.0401. The molecule has 0 radical (unpaired) electrons. The second kappa shape index (κ2) is 6.23. The van der Waals surface area contributed by atoms with Crippen LogP contribution in [0, 0.1) is 5.92 Å². The first-order valence-electron chi connectivity index (χ1n) is 4.71. The van der Waals surface area contributed by atoms with Crippen LogP contribution >= 0.6 is 0 Å². The highest BCUT2D eigenvalue weighted by molar-refractivity contribution is 5.84. The summed E-state index contributed by atoms with van der Waals surface area (Å²) in [5, 5.41) is 2.42. The summed E-state index contributed by atoms with van der Waals surface area (Å²) in [5.74, 6) is -0.588. The Labute approximate surface area is 84.0 Å². The number of carbonyl (C=O) groups excluding carboxylic acids is 2. The molecule has 0 aromatic carbocycles. The molecule has 0 unspecified atom stereocenters. The van der Waals surface area contributed by atoms with Gasteiger partial charge in [0.25, 0.3) is 0 Å². The van der Waals surface area contributed by atoms with Crippen molar-refractivity contribution in [2.45, 2.75) is 33.2 Å². The largest absolute Gasteiger partial charge is 0.450 e. The van der Waals surface area contributed by atoms with Crippen molar-refractivity contribution in [1.29, 1.82) is 0 Å². The van der Waals surface area contributed by atoms with E-state index in [1.54, 1.807) is 13.8 Å². The fraction of sp³-hybridized carbons (Fsp3) is 0.778. The molecule has 0 aliphatic carbocycles. The standard InChI is InChI=1S/C9H18N2O3/c1-4-5-14-9(13)11-7(6(2)3)8(10)12/h6-7H,4-5H2,1-3H3,(H2,10,12)(H,11,13)/t7-/m0/s1. The first-order chi connectivity index (χ1) is 6.49. The second-order valence-corrected chi connectivity index (χ2v) is 3.40. The van der Waals surface area contributed by atoms with Gasteiger partial charge in [0.05, 0.1) is 6.61 Å². The zero-order valence-corrected chi connectivity index (χ0v) is 8.87. The van der Waals surface area contributed by atoms with Crippen LogP contribution in [-0.4, -0.2) is 24.6 Å². The Bertz CT molecular complexity index is 204. The molecule has 0 heterocycles. The average Bonchev–Trinajstić information content (AvgIpc) is 2.09. The van der Waals surface area contributed by atoms with Gasteiger partial charge in [0.1, 0.15) is 6.04 Å². The number of amides is 2. The molecule has 0 aliphatic rings. The topological polar surface area (TPSA) is 81.4 Å². The van der Waals surface area contributed by atoms with E-state index < -0.39 is 18.0 Å². The third-order valence-corrected chi connectivity index (χ3v) is 1.68. The Morgan fingerprint density at radius 2 is 2.00 bits per heavy atom. The number of nitrogens with two attached hydrogens (primary N) is 1. The van der Waals surface area contributed by atoms with Crippen molar-refractivity contribution < 1.29 is 14.3 Å². The Balaban J connectivity index is 4.04. The molecule has 14 heavy (non-hydrogen) atoms. The number of primary amides is 1. The summed E-state index contributed by atoms with van der Waals surface area (Å²) in [4.78, 5) is 22.0. The molecule has 0 aromatic heterocycles. The van der Waals surface area contributed by atoms with Crippen LogP contribution in [0.15, 0.2) is 0 Å². The number of nitrogens with one attached hydrogen (secondary N) is 1. The van der Waals surface area contributed by atoms with Crippen molar-refractivity contribution in [3.63, 3.8) is 0 Å². The maximum absolute atomic E-state index is 11.1. The van der Waals surface area contributed by atoms with E-state index in [-0.39, 0.29) is 5.92 Å². The van der Waals surface area contributed by atoms with Crippen molar-refractivity contribution in [3.8, 4) is 0 Å². The highest BCUT2D eigenvalue weighted by atomic mass is 16.5. The van der Waals surface area contributed by atoms with Crippen molar-refractivity contribution in [3.05, 3.63) is 0 Å². The van der Waals surface area contributed by atoms with Crippen LogP contribution in [0.2, 0.25) is 0 Å². The van der Waals surface area contributed by atoms with Gasteiger partial charge >= 0.3 is 6.09 Å². The minimum Gasteiger partial charge on any atom is -0.450 e. The molecular formula is C9H18N2O3. The van der Waals surface area contributed by atoms with Gasteiger partial charge in [0.2, 0.25) is 5.91 Å². The minimum atomic E-state index is -0.667.